The molecule has 2 heterocycles. The van der Waals surface area contributed by atoms with E-state index in [1.54, 1.807) is 12.0 Å². The van der Waals surface area contributed by atoms with Crippen molar-refractivity contribution in [1.82, 2.24) is 9.88 Å². The van der Waals surface area contributed by atoms with E-state index in [-0.39, 0.29) is 5.91 Å². The Morgan fingerprint density at radius 3 is 2.80 bits per heavy atom. The first-order valence-corrected chi connectivity index (χ1v) is 8.80. The Hall–Kier alpha value is -2.60. The number of hydrogen-bond acceptors (Lipinski definition) is 5. The average Bonchev–Trinajstić information content (AvgIpc) is 2.89. The number of methoxy groups -OCH3 is 1. The van der Waals surface area contributed by atoms with Gasteiger partial charge in [-0.1, -0.05) is 18.2 Å². The lowest BCUT2D eigenvalue weighted by Crippen LogP contribution is -2.28. The van der Waals surface area contributed by atoms with Gasteiger partial charge in [0.2, 0.25) is 0 Å². The van der Waals surface area contributed by atoms with Crippen LogP contribution in [-0.4, -0.2) is 34.6 Å². The van der Waals surface area contributed by atoms with E-state index in [1.165, 1.54) is 11.8 Å². The molecule has 0 atom stereocenters. The first-order chi connectivity index (χ1) is 12.1. The summed E-state index contributed by atoms with van der Waals surface area (Å²) < 4.78 is 5.24. The van der Waals surface area contributed by atoms with Gasteiger partial charge in [-0.2, -0.15) is 0 Å². The Morgan fingerprint density at radius 2 is 2.08 bits per heavy atom. The maximum absolute atomic E-state index is 12.7. The quantitative estimate of drug-likeness (QED) is 0.779. The molecule has 0 spiro atoms. The van der Waals surface area contributed by atoms with Gasteiger partial charge in [0.05, 0.1) is 12.0 Å². The highest BCUT2D eigenvalue weighted by molar-refractivity contribution is 8.18. The second kappa shape index (κ2) is 7.53. The summed E-state index contributed by atoms with van der Waals surface area (Å²) in [7, 11) is 1.63. The molecule has 0 N–H and O–H groups in total. The summed E-state index contributed by atoms with van der Waals surface area (Å²) in [6.07, 6.45) is 1.87. The van der Waals surface area contributed by atoms with Crippen molar-refractivity contribution in [1.29, 1.82) is 0 Å². The molecule has 25 heavy (non-hydrogen) atoms. The van der Waals surface area contributed by atoms with Crippen LogP contribution in [0.2, 0.25) is 0 Å². The molecule has 1 fully saturated rings. The molecule has 2 aromatic rings. The number of thioether (sulfide) groups is 1. The predicted molar refractivity (Wildman–Crippen MR) is 102 cm³/mol. The van der Waals surface area contributed by atoms with E-state index in [0.717, 1.165) is 17.0 Å². The number of aliphatic imine (C=N–C) groups is 1. The first kappa shape index (κ1) is 17.2. The van der Waals surface area contributed by atoms with Crippen molar-refractivity contribution >= 4 is 34.7 Å². The second-order valence-corrected chi connectivity index (χ2v) is 6.48. The molecule has 1 saturated heterocycles. The first-order valence-electron chi connectivity index (χ1n) is 7.98. The molecule has 1 aliphatic heterocycles. The van der Waals surface area contributed by atoms with E-state index in [0.29, 0.717) is 22.4 Å². The van der Waals surface area contributed by atoms with Crippen LogP contribution < -0.4 is 4.74 Å². The fourth-order valence-corrected chi connectivity index (χ4v) is 3.49. The van der Waals surface area contributed by atoms with Crippen molar-refractivity contribution < 1.29 is 9.53 Å². The van der Waals surface area contributed by atoms with Crippen LogP contribution in [0.4, 0.5) is 5.82 Å². The zero-order valence-corrected chi connectivity index (χ0v) is 15.2. The van der Waals surface area contributed by atoms with Gasteiger partial charge < -0.3 is 4.74 Å². The van der Waals surface area contributed by atoms with E-state index in [2.05, 4.69) is 9.98 Å². The number of amides is 1. The summed E-state index contributed by atoms with van der Waals surface area (Å²) in [5.74, 6) is 1.33. The molecule has 0 bridgehead atoms. The molecule has 1 aliphatic rings. The predicted octanol–water partition coefficient (Wildman–Crippen LogP) is 4.02. The molecular weight excluding hydrogens is 334 g/mol. The highest BCUT2D eigenvalue weighted by atomic mass is 32.2. The van der Waals surface area contributed by atoms with Crippen LogP contribution in [0, 0.1) is 6.92 Å². The monoisotopic (exact) mass is 353 g/mol. The van der Waals surface area contributed by atoms with Gasteiger partial charge in [-0.15, -0.1) is 0 Å². The Labute approximate surface area is 151 Å². The van der Waals surface area contributed by atoms with Gasteiger partial charge in [-0.25, -0.2) is 9.98 Å². The normalized spacial score (nSPS) is 17.6. The third kappa shape index (κ3) is 3.91. The molecular formula is C19H19N3O2S. The number of aromatic nitrogens is 1. The number of nitrogens with zero attached hydrogens (tertiary/aromatic N) is 3. The minimum absolute atomic E-state index is 0.0401. The lowest BCUT2D eigenvalue weighted by atomic mass is 10.2. The van der Waals surface area contributed by atoms with E-state index in [1.807, 2.05) is 62.4 Å². The smallest absolute Gasteiger partial charge is 0.266 e. The molecule has 6 heteroatoms. The van der Waals surface area contributed by atoms with Crippen LogP contribution in [0.1, 0.15) is 18.2 Å². The zero-order chi connectivity index (χ0) is 17.8. The summed E-state index contributed by atoms with van der Waals surface area (Å²) in [4.78, 5) is 23.9. The van der Waals surface area contributed by atoms with Gasteiger partial charge in [0.25, 0.3) is 5.91 Å². The van der Waals surface area contributed by atoms with Crippen molar-refractivity contribution in [3.63, 3.8) is 0 Å². The number of hydrogen-bond donors (Lipinski definition) is 0. The molecule has 0 saturated carbocycles. The van der Waals surface area contributed by atoms with Gasteiger partial charge >= 0.3 is 0 Å². The van der Waals surface area contributed by atoms with Crippen molar-refractivity contribution in [2.24, 2.45) is 4.99 Å². The van der Waals surface area contributed by atoms with E-state index < -0.39 is 0 Å². The van der Waals surface area contributed by atoms with Gasteiger partial charge in [0, 0.05) is 12.2 Å². The standard InChI is InChI=1S/C19H19N3O2S/c1-4-22-18(23)16(12-14-8-6-9-15(11-14)24-3)25-19(22)21-17-10-5-7-13(2)20-17/h5-12H,4H2,1-3H3/b16-12-,21-19+. The number of carbonyl (C=O) groups is 1. The Bertz CT molecular complexity index is 861. The van der Waals surface area contributed by atoms with E-state index in [4.69, 9.17) is 4.74 Å². The summed E-state index contributed by atoms with van der Waals surface area (Å²) >= 11 is 1.37. The highest BCUT2D eigenvalue weighted by Gasteiger charge is 2.32. The Balaban J connectivity index is 1.93. The van der Waals surface area contributed by atoms with Crippen LogP contribution in [0.15, 0.2) is 52.4 Å². The van der Waals surface area contributed by atoms with E-state index >= 15 is 0 Å². The topological polar surface area (TPSA) is 54.8 Å². The summed E-state index contributed by atoms with van der Waals surface area (Å²) in [5, 5.41) is 0.653. The molecule has 0 unspecified atom stereocenters. The average molecular weight is 353 g/mol. The molecule has 1 aromatic heterocycles. The molecule has 3 rings (SSSR count). The lowest BCUT2D eigenvalue weighted by Gasteiger charge is -2.11. The number of rotatable bonds is 4. The second-order valence-electron chi connectivity index (χ2n) is 5.47. The number of aryl methyl sites for hydroxylation is 1. The minimum atomic E-state index is -0.0401. The molecule has 1 amide bonds. The van der Waals surface area contributed by atoms with Crippen molar-refractivity contribution in [3.05, 3.63) is 58.6 Å². The number of ether oxygens (including phenoxy) is 1. The van der Waals surface area contributed by atoms with Crippen molar-refractivity contribution in [2.45, 2.75) is 13.8 Å². The van der Waals surface area contributed by atoms with Crippen LogP contribution in [0.3, 0.4) is 0 Å². The van der Waals surface area contributed by atoms with Gasteiger partial charge in [0.15, 0.2) is 11.0 Å². The summed E-state index contributed by atoms with van der Waals surface area (Å²) in [6.45, 7) is 4.42. The number of carbonyl (C=O) groups excluding carboxylic acids is 1. The largest absolute Gasteiger partial charge is 0.497 e. The maximum Gasteiger partial charge on any atom is 0.266 e. The van der Waals surface area contributed by atoms with Crippen LogP contribution >= 0.6 is 11.8 Å². The Morgan fingerprint density at radius 1 is 1.28 bits per heavy atom. The number of amidine groups is 1. The zero-order valence-electron chi connectivity index (χ0n) is 14.4. The van der Waals surface area contributed by atoms with Crippen molar-refractivity contribution in [2.75, 3.05) is 13.7 Å². The molecule has 0 radical (unpaired) electrons. The third-order valence-electron chi connectivity index (χ3n) is 3.68. The SMILES string of the molecule is CCN1C(=O)/C(=C/c2cccc(OC)c2)S/C1=N/c1cccc(C)n1. The van der Waals surface area contributed by atoms with Crippen LogP contribution in [-0.2, 0) is 4.79 Å². The molecule has 1 aromatic carbocycles. The van der Waals surface area contributed by atoms with Crippen LogP contribution in [0.25, 0.3) is 6.08 Å². The molecule has 5 nitrogen and oxygen atoms in total. The molecule has 0 aliphatic carbocycles. The Kier molecular flexibility index (Phi) is 5.19. The number of pyridine rings is 1. The number of benzene rings is 1. The van der Waals surface area contributed by atoms with E-state index in [9.17, 15) is 4.79 Å². The summed E-state index contributed by atoms with van der Waals surface area (Å²) in [6, 6.07) is 13.3. The van der Waals surface area contributed by atoms with Crippen molar-refractivity contribution in [3.8, 4) is 5.75 Å². The summed E-state index contributed by atoms with van der Waals surface area (Å²) in [5.41, 5.74) is 1.81. The van der Waals surface area contributed by atoms with Gasteiger partial charge in [-0.3, -0.25) is 9.69 Å². The highest BCUT2D eigenvalue weighted by Crippen LogP contribution is 2.34. The fourth-order valence-electron chi connectivity index (χ4n) is 2.44. The fraction of sp³-hybridized carbons (Fsp3) is 0.211. The minimum Gasteiger partial charge on any atom is -0.497 e. The lowest BCUT2D eigenvalue weighted by molar-refractivity contribution is -0.122. The van der Waals surface area contributed by atoms with Gasteiger partial charge in [0.1, 0.15) is 5.75 Å². The number of likely N-dealkylation sites (N-methyl/N-ethyl adjacent to an activating group) is 1. The maximum atomic E-state index is 12.7. The van der Waals surface area contributed by atoms with Crippen LogP contribution in [0.5, 0.6) is 5.75 Å². The molecule has 128 valence electrons. The third-order valence-corrected chi connectivity index (χ3v) is 4.69. The van der Waals surface area contributed by atoms with Gasteiger partial charge in [-0.05, 0) is 61.5 Å².